The number of aryl methyl sites for hydroxylation is 1. The first-order valence-electron chi connectivity index (χ1n) is 6.77. The van der Waals surface area contributed by atoms with Crippen LogP contribution in [0.5, 0.6) is 0 Å². The Labute approximate surface area is 116 Å². The summed E-state index contributed by atoms with van der Waals surface area (Å²) in [6, 6.07) is 7.46. The molecule has 0 bridgehead atoms. The van der Waals surface area contributed by atoms with E-state index in [9.17, 15) is 18.0 Å². The van der Waals surface area contributed by atoms with E-state index in [0.29, 0.717) is 13.0 Å². The van der Waals surface area contributed by atoms with Gasteiger partial charge in [0.05, 0.1) is 12.3 Å². The van der Waals surface area contributed by atoms with Gasteiger partial charge < -0.3 is 4.90 Å². The van der Waals surface area contributed by atoms with Gasteiger partial charge in [-0.2, -0.15) is 13.2 Å². The van der Waals surface area contributed by atoms with Crippen LogP contribution in [0.1, 0.15) is 24.0 Å². The molecular formula is C15H18F3NO. The molecule has 0 aromatic heterocycles. The highest BCUT2D eigenvalue weighted by molar-refractivity contribution is 5.79. The highest BCUT2D eigenvalue weighted by atomic mass is 19.4. The molecule has 1 amide bonds. The van der Waals surface area contributed by atoms with Crippen molar-refractivity contribution in [3.05, 3.63) is 35.4 Å². The number of piperidine rings is 1. The Bertz CT molecular complexity index is 484. The molecular weight excluding hydrogens is 267 g/mol. The van der Waals surface area contributed by atoms with Crippen LogP contribution in [0.25, 0.3) is 0 Å². The Morgan fingerprint density at radius 1 is 1.35 bits per heavy atom. The van der Waals surface area contributed by atoms with E-state index in [1.807, 2.05) is 31.2 Å². The zero-order chi connectivity index (χ0) is 14.8. The Morgan fingerprint density at radius 2 is 2.05 bits per heavy atom. The number of carbonyl (C=O) groups excluding carboxylic acids is 1. The standard InChI is InChI=1S/C15H18F3NO/c1-11-5-2-3-6-12(11)9-14(20)19-8-4-7-13(10-19)15(16,17)18/h2-3,5-6,13H,4,7-10H2,1H3. The highest BCUT2D eigenvalue weighted by Crippen LogP contribution is 2.33. The molecule has 1 fully saturated rings. The summed E-state index contributed by atoms with van der Waals surface area (Å²) in [6.45, 7) is 2.13. The van der Waals surface area contributed by atoms with Crippen molar-refractivity contribution in [1.82, 2.24) is 4.90 Å². The lowest BCUT2D eigenvalue weighted by Crippen LogP contribution is -2.45. The maximum atomic E-state index is 12.7. The summed E-state index contributed by atoms with van der Waals surface area (Å²) in [5.41, 5.74) is 1.87. The number of halogens is 3. The van der Waals surface area contributed by atoms with Gasteiger partial charge in [-0.3, -0.25) is 4.79 Å². The molecule has 2 rings (SSSR count). The summed E-state index contributed by atoms with van der Waals surface area (Å²) < 4.78 is 38.2. The van der Waals surface area contributed by atoms with Crippen molar-refractivity contribution in [2.75, 3.05) is 13.1 Å². The van der Waals surface area contributed by atoms with E-state index < -0.39 is 12.1 Å². The molecule has 1 aliphatic rings. The highest BCUT2D eigenvalue weighted by Gasteiger charge is 2.42. The molecule has 2 nitrogen and oxygen atoms in total. The fraction of sp³-hybridized carbons (Fsp3) is 0.533. The van der Waals surface area contributed by atoms with Crippen LogP contribution >= 0.6 is 0 Å². The van der Waals surface area contributed by atoms with Crippen LogP contribution in [0.4, 0.5) is 13.2 Å². The molecule has 0 saturated carbocycles. The van der Waals surface area contributed by atoms with Gasteiger partial charge in [0.25, 0.3) is 0 Å². The molecule has 0 spiro atoms. The molecule has 20 heavy (non-hydrogen) atoms. The minimum atomic E-state index is -4.21. The second-order valence-electron chi connectivity index (χ2n) is 5.32. The number of rotatable bonds is 2. The van der Waals surface area contributed by atoms with Gasteiger partial charge in [-0.05, 0) is 30.9 Å². The Balaban J connectivity index is 2.01. The van der Waals surface area contributed by atoms with E-state index >= 15 is 0 Å². The Morgan fingerprint density at radius 3 is 2.70 bits per heavy atom. The maximum Gasteiger partial charge on any atom is 0.393 e. The first-order chi connectivity index (χ1) is 9.38. The van der Waals surface area contributed by atoms with Gasteiger partial charge in [0.15, 0.2) is 0 Å². The van der Waals surface area contributed by atoms with Crippen LogP contribution in [0.15, 0.2) is 24.3 Å². The second-order valence-corrected chi connectivity index (χ2v) is 5.32. The van der Waals surface area contributed by atoms with E-state index in [1.54, 1.807) is 0 Å². The molecule has 0 aliphatic carbocycles. The predicted molar refractivity (Wildman–Crippen MR) is 70.2 cm³/mol. The van der Waals surface area contributed by atoms with Gasteiger partial charge >= 0.3 is 6.18 Å². The summed E-state index contributed by atoms with van der Waals surface area (Å²) >= 11 is 0. The molecule has 1 unspecified atom stereocenters. The largest absolute Gasteiger partial charge is 0.393 e. The number of hydrogen-bond donors (Lipinski definition) is 0. The molecule has 1 atom stereocenters. The Kier molecular flexibility index (Phi) is 4.35. The fourth-order valence-electron chi connectivity index (χ4n) is 2.55. The van der Waals surface area contributed by atoms with Crippen LogP contribution in [-0.4, -0.2) is 30.1 Å². The summed E-state index contributed by atoms with van der Waals surface area (Å²) in [6.07, 6.45) is -3.49. The third-order valence-electron chi connectivity index (χ3n) is 3.84. The summed E-state index contributed by atoms with van der Waals surface area (Å²) in [4.78, 5) is 13.5. The van der Waals surface area contributed by atoms with Gasteiger partial charge in [-0.25, -0.2) is 0 Å². The zero-order valence-corrected chi connectivity index (χ0v) is 11.4. The second kappa shape index (κ2) is 5.85. The van der Waals surface area contributed by atoms with Crippen LogP contribution in [0.3, 0.4) is 0 Å². The average Bonchev–Trinajstić information content (AvgIpc) is 2.40. The monoisotopic (exact) mass is 285 g/mol. The van der Waals surface area contributed by atoms with Crippen molar-refractivity contribution in [3.8, 4) is 0 Å². The van der Waals surface area contributed by atoms with Gasteiger partial charge in [-0.1, -0.05) is 24.3 Å². The number of carbonyl (C=O) groups is 1. The molecule has 1 heterocycles. The summed E-state index contributed by atoms with van der Waals surface area (Å²) in [5, 5.41) is 0. The minimum Gasteiger partial charge on any atom is -0.342 e. The van der Waals surface area contributed by atoms with Crippen LogP contribution in [0.2, 0.25) is 0 Å². The molecule has 0 N–H and O–H groups in total. The van der Waals surface area contributed by atoms with Crippen molar-refractivity contribution in [2.45, 2.75) is 32.4 Å². The third-order valence-corrected chi connectivity index (χ3v) is 3.84. The molecule has 1 aromatic carbocycles. The number of nitrogens with zero attached hydrogens (tertiary/aromatic N) is 1. The van der Waals surface area contributed by atoms with Crippen LogP contribution < -0.4 is 0 Å². The predicted octanol–water partition coefficient (Wildman–Crippen LogP) is 3.34. The van der Waals surface area contributed by atoms with Gasteiger partial charge in [0.2, 0.25) is 5.91 Å². The van der Waals surface area contributed by atoms with Gasteiger partial charge in [-0.15, -0.1) is 0 Å². The number of benzene rings is 1. The smallest absolute Gasteiger partial charge is 0.342 e. The number of likely N-dealkylation sites (tertiary alicyclic amines) is 1. The molecule has 0 radical (unpaired) electrons. The van der Waals surface area contributed by atoms with Gasteiger partial charge in [0, 0.05) is 13.1 Å². The van der Waals surface area contributed by atoms with E-state index in [-0.39, 0.29) is 25.3 Å². The topological polar surface area (TPSA) is 20.3 Å². The lowest BCUT2D eigenvalue weighted by atomic mass is 9.96. The van der Waals surface area contributed by atoms with Crippen LogP contribution in [-0.2, 0) is 11.2 Å². The molecule has 1 saturated heterocycles. The van der Waals surface area contributed by atoms with Crippen molar-refractivity contribution in [1.29, 1.82) is 0 Å². The van der Waals surface area contributed by atoms with Gasteiger partial charge in [0.1, 0.15) is 0 Å². The lowest BCUT2D eigenvalue weighted by molar-refractivity contribution is -0.187. The van der Waals surface area contributed by atoms with E-state index in [2.05, 4.69) is 0 Å². The van der Waals surface area contributed by atoms with Crippen LogP contribution in [0, 0.1) is 12.8 Å². The van der Waals surface area contributed by atoms with Crippen molar-refractivity contribution < 1.29 is 18.0 Å². The number of alkyl halides is 3. The molecule has 1 aliphatic heterocycles. The molecule has 110 valence electrons. The van der Waals surface area contributed by atoms with E-state index in [0.717, 1.165) is 11.1 Å². The average molecular weight is 285 g/mol. The molecule has 1 aromatic rings. The SMILES string of the molecule is Cc1ccccc1CC(=O)N1CCCC(C(F)(F)F)C1. The van der Waals surface area contributed by atoms with E-state index in [1.165, 1.54) is 4.90 Å². The van der Waals surface area contributed by atoms with Crippen molar-refractivity contribution in [3.63, 3.8) is 0 Å². The minimum absolute atomic E-state index is 0.123. The van der Waals surface area contributed by atoms with Crippen molar-refractivity contribution >= 4 is 5.91 Å². The number of amides is 1. The first-order valence-corrected chi connectivity index (χ1v) is 6.77. The lowest BCUT2D eigenvalue weighted by Gasteiger charge is -2.33. The van der Waals surface area contributed by atoms with Crippen molar-refractivity contribution in [2.24, 2.45) is 5.92 Å². The third kappa shape index (κ3) is 3.52. The maximum absolute atomic E-state index is 12.7. The first kappa shape index (κ1) is 14.9. The zero-order valence-electron chi connectivity index (χ0n) is 11.4. The summed E-state index contributed by atoms with van der Waals surface area (Å²) in [7, 11) is 0. The molecule has 5 heteroatoms. The quantitative estimate of drug-likeness (QED) is 0.816. The summed E-state index contributed by atoms with van der Waals surface area (Å²) in [5.74, 6) is -1.59. The number of hydrogen-bond acceptors (Lipinski definition) is 1. The fourth-order valence-corrected chi connectivity index (χ4v) is 2.55. The van der Waals surface area contributed by atoms with E-state index in [4.69, 9.17) is 0 Å². The normalized spacial score (nSPS) is 20.0. The Hall–Kier alpha value is -1.52.